The predicted molar refractivity (Wildman–Crippen MR) is 58.5 cm³/mol. The molecule has 1 rings (SSSR count). The zero-order valence-corrected chi connectivity index (χ0v) is 9.43. The molecule has 1 aliphatic rings. The molecule has 76 valence electrons. The third-order valence-electron chi connectivity index (χ3n) is 3.68. The molecule has 0 aromatic rings. The summed E-state index contributed by atoms with van der Waals surface area (Å²) in [5.41, 5.74) is 8.94. The summed E-state index contributed by atoms with van der Waals surface area (Å²) in [5, 5.41) is 0. The fourth-order valence-electron chi connectivity index (χ4n) is 2.06. The zero-order chi connectivity index (χ0) is 10.0. The van der Waals surface area contributed by atoms with Crippen molar-refractivity contribution < 1.29 is 0 Å². The highest BCUT2D eigenvalue weighted by atomic mass is 14.6. The molecule has 1 saturated carbocycles. The SMILES string of the molecule is C/C(=C1\CCC(C)C(C)C1)C(C)N. The summed E-state index contributed by atoms with van der Waals surface area (Å²) in [4.78, 5) is 0. The Morgan fingerprint density at radius 2 is 2.00 bits per heavy atom. The smallest absolute Gasteiger partial charge is 0.0224 e. The number of rotatable bonds is 1. The molecule has 1 nitrogen and oxygen atoms in total. The molecular formula is C12H23N. The minimum Gasteiger partial charge on any atom is -0.324 e. The van der Waals surface area contributed by atoms with Gasteiger partial charge in [0.2, 0.25) is 0 Å². The Kier molecular flexibility index (Phi) is 3.55. The van der Waals surface area contributed by atoms with Crippen LogP contribution in [0.5, 0.6) is 0 Å². The lowest BCUT2D eigenvalue weighted by molar-refractivity contribution is 0.320. The van der Waals surface area contributed by atoms with E-state index in [0.717, 1.165) is 11.8 Å². The molecule has 0 aromatic carbocycles. The molecule has 0 bridgehead atoms. The summed E-state index contributed by atoms with van der Waals surface area (Å²) >= 11 is 0. The van der Waals surface area contributed by atoms with Gasteiger partial charge in [0.15, 0.2) is 0 Å². The van der Waals surface area contributed by atoms with E-state index in [1.807, 2.05) is 0 Å². The van der Waals surface area contributed by atoms with Crippen molar-refractivity contribution in [3.8, 4) is 0 Å². The standard InChI is InChI=1S/C12H23N/c1-8-5-6-12(7-9(8)2)10(3)11(4)13/h8-9,11H,5-7,13H2,1-4H3/b12-10-. The van der Waals surface area contributed by atoms with E-state index in [1.54, 1.807) is 5.57 Å². The molecule has 0 spiro atoms. The van der Waals surface area contributed by atoms with Crippen molar-refractivity contribution in [2.24, 2.45) is 17.6 Å². The second-order valence-electron chi connectivity index (χ2n) is 4.77. The monoisotopic (exact) mass is 181 g/mol. The molecule has 0 aliphatic heterocycles. The van der Waals surface area contributed by atoms with Gasteiger partial charge in [0.05, 0.1) is 0 Å². The first kappa shape index (κ1) is 10.8. The maximum absolute atomic E-state index is 5.89. The summed E-state index contributed by atoms with van der Waals surface area (Å²) in [5.74, 6) is 1.74. The van der Waals surface area contributed by atoms with E-state index >= 15 is 0 Å². The summed E-state index contributed by atoms with van der Waals surface area (Å²) in [7, 11) is 0. The van der Waals surface area contributed by atoms with Crippen LogP contribution in [0, 0.1) is 11.8 Å². The van der Waals surface area contributed by atoms with Crippen LogP contribution in [0.3, 0.4) is 0 Å². The number of hydrogen-bond donors (Lipinski definition) is 1. The summed E-state index contributed by atoms with van der Waals surface area (Å²) in [6.45, 7) is 9.01. The molecule has 3 unspecified atom stereocenters. The molecule has 0 amide bonds. The molecule has 0 aromatic heterocycles. The third-order valence-corrected chi connectivity index (χ3v) is 3.68. The maximum Gasteiger partial charge on any atom is 0.0224 e. The van der Waals surface area contributed by atoms with Crippen molar-refractivity contribution in [2.45, 2.75) is 53.0 Å². The lowest BCUT2D eigenvalue weighted by Crippen LogP contribution is -2.22. The van der Waals surface area contributed by atoms with Gasteiger partial charge in [0, 0.05) is 6.04 Å². The summed E-state index contributed by atoms with van der Waals surface area (Å²) in [6, 6.07) is 0.246. The van der Waals surface area contributed by atoms with Gasteiger partial charge in [-0.05, 0) is 44.9 Å². The van der Waals surface area contributed by atoms with E-state index in [4.69, 9.17) is 5.73 Å². The number of nitrogens with two attached hydrogens (primary N) is 1. The van der Waals surface area contributed by atoms with Gasteiger partial charge < -0.3 is 5.73 Å². The fraction of sp³-hybridized carbons (Fsp3) is 0.833. The first-order valence-electron chi connectivity index (χ1n) is 5.46. The van der Waals surface area contributed by atoms with Crippen LogP contribution in [0.15, 0.2) is 11.1 Å². The van der Waals surface area contributed by atoms with Crippen LogP contribution in [-0.4, -0.2) is 6.04 Å². The normalized spacial score (nSPS) is 35.8. The van der Waals surface area contributed by atoms with Crippen LogP contribution in [0.1, 0.15) is 47.0 Å². The fourth-order valence-corrected chi connectivity index (χ4v) is 2.06. The van der Waals surface area contributed by atoms with Crippen molar-refractivity contribution in [2.75, 3.05) is 0 Å². The Labute approximate surface area is 82.4 Å². The van der Waals surface area contributed by atoms with Gasteiger partial charge in [-0.3, -0.25) is 0 Å². The van der Waals surface area contributed by atoms with Crippen LogP contribution in [-0.2, 0) is 0 Å². The lowest BCUT2D eigenvalue weighted by atomic mass is 9.77. The average molecular weight is 181 g/mol. The van der Waals surface area contributed by atoms with Crippen molar-refractivity contribution in [3.63, 3.8) is 0 Å². The highest BCUT2D eigenvalue weighted by Gasteiger charge is 2.21. The van der Waals surface area contributed by atoms with Crippen LogP contribution in [0.25, 0.3) is 0 Å². The summed E-state index contributed by atoms with van der Waals surface area (Å²) < 4.78 is 0. The minimum atomic E-state index is 0.246. The Hall–Kier alpha value is -0.300. The molecule has 1 aliphatic carbocycles. The van der Waals surface area contributed by atoms with Crippen LogP contribution in [0.2, 0.25) is 0 Å². The van der Waals surface area contributed by atoms with Crippen LogP contribution in [0.4, 0.5) is 0 Å². The van der Waals surface area contributed by atoms with E-state index in [-0.39, 0.29) is 6.04 Å². The molecular weight excluding hydrogens is 158 g/mol. The van der Waals surface area contributed by atoms with Gasteiger partial charge in [-0.15, -0.1) is 0 Å². The van der Waals surface area contributed by atoms with Gasteiger partial charge in [-0.1, -0.05) is 25.0 Å². The second-order valence-corrected chi connectivity index (χ2v) is 4.77. The van der Waals surface area contributed by atoms with Gasteiger partial charge in [-0.25, -0.2) is 0 Å². The number of hydrogen-bond acceptors (Lipinski definition) is 1. The molecule has 1 fully saturated rings. The largest absolute Gasteiger partial charge is 0.324 e. The first-order chi connectivity index (χ1) is 6.02. The van der Waals surface area contributed by atoms with Crippen molar-refractivity contribution in [1.82, 2.24) is 0 Å². The van der Waals surface area contributed by atoms with Crippen molar-refractivity contribution in [1.29, 1.82) is 0 Å². The molecule has 0 heterocycles. The number of allylic oxidation sites excluding steroid dienone is 1. The first-order valence-corrected chi connectivity index (χ1v) is 5.46. The van der Waals surface area contributed by atoms with Gasteiger partial charge in [0.1, 0.15) is 0 Å². The Morgan fingerprint density at radius 3 is 2.46 bits per heavy atom. The highest BCUT2D eigenvalue weighted by molar-refractivity contribution is 5.18. The summed E-state index contributed by atoms with van der Waals surface area (Å²) in [6.07, 6.45) is 3.90. The van der Waals surface area contributed by atoms with Crippen LogP contribution >= 0.6 is 0 Å². The minimum absolute atomic E-state index is 0.246. The quantitative estimate of drug-likeness (QED) is 0.618. The average Bonchev–Trinajstić information content (AvgIpc) is 2.08. The molecule has 13 heavy (non-hydrogen) atoms. The van der Waals surface area contributed by atoms with Crippen molar-refractivity contribution in [3.05, 3.63) is 11.1 Å². The molecule has 3 atom stereocenters. The van der Waals surface area contributed by atoms with E-state index in [0.29, 0.717) is 0 Å². The predicted octanol–water partition coefficient (Wildman–Crippen LogP) is 3.11. The van der Waals surface area contributed by atoms with Gasteiger partial charge in [-0.2, -0.15) is 0 Å². The van der Waals surface area contributed by atoms with E-state index in [2.05, 4.69) is 27.7 Å². The molecule has 1 heteroatoms. The van der Waals surface area contributed by atoms with E-state index in [1.165, 1.54) is 24.8 Å². The van der Waals surface area contributed by atoms with Gasteiger partial charge in [0.25, 0.3) is 0 Å². The Morgan fingerprint density at radius 1 is 1.38 bits per heavy atom. The zero-order valence-electron chi connectivity index (χ0n) is 9.43. The Balaban J connectivity index is 2.69. The third kappa shape index (κ3) is 2.57. The molecule has 0 saturated heterocycles. The molecule has 0 radical (unpaired) electrons. The van der Waals surface area contributed by atoms with Crippen molar-refractivity contribution >= 4 is 0 Å². The van der Waals surface area contributed by atoms with Gasteiger partial charge >= 0.3 is 0 Å². The van der Waals surface area contributed by atoms with Crippen LogP contribution < -0.4 is 5.73 Å². The topological polar surface area (TPSA) is 26.0 Å². The highest BCUT2D eigenvalue weighted by Crippen LogP contribution is 2.34. The second kappa shape index (κ2) is 4.28. The lowest BCUT2D eigenvalue weighted by Gasteiger charge is -2.29. The van der Waals surface area contributed by atoms with E-state index < -0.39 is 0 Å². The maximum atomic E-state index is 5.89. The molecule has 2 N–H and O–H groups in total. The van der Waals surface area contributed by atoms with E-state index in [9.17, 15) is 0 Å². The Bertz CT molecular complexity index is 203.